The van der Waals surface area contributed by atoms with E-state index in [9.17, 15) is 4.79 Å². The summed E-state index contributed by atoms with van der Waals surface area (Å²) in [5.41, 5.74) is 2.77. The van der Waals surface area contributed by atoms with Crippen LogP contribution < -0.4 is 4.90 Å². The topological polar surface area (TPSA) is 52.2 Å². The van der Waals surface area contributed by atoms with E-state index in [1.54, 1.807) is 11.3 Å². The maximum atomic E-state index is 13.0. The molecule has 4 rings (SSSR count). The van der Waals surface area contributed by atoms with Crippen LogP contribution in [0.25, 0.3) is 10.9 Å². The second-order valence-corrected chi connectivity index (χ2v) is 6.64. The Morgan fingerprint density at radius 3 is 2.74 bits per heavy atom. The largest absolute Gasteiger partial charge is 0.358 e. The number of carbonyl (C=O) groups excluding carboxylic acids is 1. The third-order valence-corrected chi connectivity index (χ3v) is 5.20. The number of amides is 1. The summed E-state index contributed by atoms with van der Waals surface area (Å²) in [4.78, 5) is 24.8. The van der Waals surface area contributed by atoms with E-state index >= 15 is 0 Å². The minimum absolute atomic E-state index is 0.124. The van der Waals surface area contributed by atoms with Crippen LogP contribution in [0.4, 0.5) is 5.13 Å². The lowest BCUT2D eigenvalue weighted by molar-refractivity contribution is 0.0748. The van der Waals surface area contributed by atoms with Gasteiger partial charge in [0.25, 0.3) is 5.91 Å². The van der Waals surface area contributed by atoms with Crippen LogP contribution in [0.1, 0.15) is 16.1 Å². The van der Waals surface area contributed by atoms with E-state index in [1.165, 1.54) is 0 Å². The molecule has 1 aromatic carbocycles. The molecule has 1 amide bonds. The van der Waals surface area contributed by atoms with Crippen molar-refractivity contribution in [2.45, 2.75) is 6.92 Å². The van der Waals surface area contributed by atoms with E-state index in [0.717, 1.165) is 53.5 Å². The first-order valence-electron chi connectivity index (χ1n) is 7.75. The fourth-order valence-electron chi connectivity index (χ4n) is 3.18. The van der Waals surface area contributed by atoms with E-state index in [4.69, 9.17) is 0 Å². The molecule has 23 heavy (non-hydrogen) atoms. The number of aromatic nitrogens is 2. The lowest BCUT2D eigenvalue weighted by atomic mass is 10.1. The highest BCUT2D eigenvalue weighted by molar-refractivity contribution is 7.13. The Morgan fingerprint density at radius 2 is 2.00 bits per heavy atom. The van der Waals surface area contributed by atoms with E-state index in [0.29, 0.717) is 0 Å². The van der Waals surface area contributed by atoms with E-state index in [2.05, 4.69) is 14.9 Å². The van der Waals surface area contributed by atoms with Gasteiger partial charge in [-0.15, -0.1) is 11.3 Å². The maximum absolute atomic E-state index is 13.0. The molecule has 0 spiro atoms. The number of anilines is 1. The number of para-hydroxylation sites is 1. The Bertz CT molecular complexity index is 832. The van der Waals surface area contributed by atoms with Crippen molar-refractivity contribution in [3.63, 3.8) is 0 Å². The number of fused-ring (bicyclic) bond motifs is 1. The summed E-state index contributed by atoms with van der Waals surface area (Å²) in [5, 5.41) is 4.04. The van der Waals surface area contributed by atoms with Crippen molar-refractivity contribution in [1.29, 1.82) is 0 Å². The second kappa shape index (κ2) is 5.70. The number of piperazine rings is 1. The Kier molecular flexibility index (Phi) is 3.53. The molecule has 118 valence electrons. The van der Waals surface area contributed by atoms with Crippen molar-refractivity contribution in [3.05, 3.63) is 47.1 Å². The normalized spacial score (nSPS) is 15.3. The fourth-order valence-corrected chi connectivity index (χ4v) is 3.88. The minimum atomic E-state index is 0.124. The first-order valence-corrected chi connectivity index (χ1v) is 8.63. The molecule has 1 aliphatic heterocycles. The first-order chi connectivity index (χ1) is 11.2. The van der Waals surface area contributed by atoms with Crippen LogP contribution >= 0.6 is 11.3 Å². The molecule has 0 saturated carbocycles. The Labute approximate surface area is 138 Å². The standard InChI is InChI=1S/C17H18N4OS/c1-12-15(13-4-2-3-5-14(13)19-12)16(22)20-7-9-21(10-8-20)17-18-6-11-23-17/h2-6,11,19H,7-10H2,1H3. The summed E-state index contributed by atoms with van der Waals surface area (Å²) in [7, 11) is 0. The van der Waals surface area contributed by atoms with Gasteiger partial charge >= 0.3 is 0 Å². The summed E-state index contributed by atoms with van der Waals surface area (Å²) in [6, 6.07) is 7.99. The molecule has 0 atom stereocenters. The zero-order chi connectivity index (χ0) is 15.8. The van der Waals surface area contributed by atoms with Gasteiger partial charge in [-0.05, 0) is 13.0 Å². The van der Waals surface area contributed by atoms with Crippen LogP contribution in [0.3, 0.4) is 0 Å². The predicted molar refractivity (Wildman–Crippen MR) is 93.3 cm³/mol. The number of aromatic amines is 1. The van der Waals surface area contributed by atoms with Gasteiger partial charge in [-0.1, -0.05) is 18.2 Å². The van der Waals surface area contributed by atoms with Crippen molar-refractivity contribution in [2.24, 2.45) is 0 Å². The molecule has 0 aliphatic carbocycles. The maximum Gasteiger partial charge on any atom is 0.256 e. The monoisotopic (exact) mass is 326 g/mol. The third-order valence-electron chi connectivity index (χ3n) is 4.36. The zero-order valence-corrected chi connectivity index (χ0v) is 13.8. The van der Waals surface area contributed by atoms with E-state index in [1.807, 2.05) is 47.7 Å². The highest BCUT2D eigenvalue weighted by Gasteiger charge is 2.26. The number of nitrogens with one attached hydrogen (secondary N) is 1. The SMILES string of the molecule is Cc1[nH]c2ccccc2c1C(=O)N1CCN(c2nccs2)CC1. The number of thiazole rings is 1. The number of aryl methyl sites for hydroxylation is 1. The van der Waals surface area contributed by atoms with E-state index in [-0.39, 0.29) is 5.91 Å². The minimum Gasteiger partial charge on any atom is -0.358 e. The lowest BCUT2D eigenvalue weighted by Gasteiger charge is -2.34. The van der Waals surface area contributed by atoms with Crippen LogP contribution in [0.2, 0.25) is 0 Å². The predicted octanol–water partition coefficient (Wildman–Crippen LogP) is 2.90. The highest BCUT2D eigenvalue weighted by Crippen LogP contribution is 2.25. The van der Waals surface area contributed by atoms with Crippen LogP contribution in [-0.4, -0.2) is 47.0 Å². The van der Waals surface area contributed by atoms with Crippen molar-refractivity contribution < 1.29 is 4.79 Å². The average molecular weight is 326 g/mol. The summed E-state index contributed by atoms with van der Waals surface area (Å²) in [6.45, 7) is 5.11. The number of nitrogens with zero attached hydrogens (tertiary/aromatic N) is 3. The second-order valence-electron chi connectivity index (χ2n) is 5.76. The molecule has 0 radical (unpaired) electrons. The van der Waals surface area contributed by atoms with Gasteiger partial charge in [0.15, 0.2) is 5.13 Å². The van der Waals surface area contributed by atoms with Crippen molar-refractivity contribution in [2.75, 3.05) is 31.1 Å². The Hall–Kier alpha value is -2.34. The third kappa shape index (κ3) is 2.49. The number of benzene rings is 1. The van der Waals surface area contributed by atoms with Crippen LogP contribution in [-0.2, 0) is 0 Å². The molecule has 6 heteroatoms. The molecular weight excluding hydrogens is 308 g/mol. The van der Waals surface area contributed by atoms with Crippen molar-refractivity contribution in [3.8, 4) is 0 Å². The molecule has 1 aliphatic rings. The van der Waals surface area contributed by atoms with Gasteiger partial charge < -0.3 is 14.8 Å². The summed E-state index contributed by atoms with van der Waals surface area (Å²) < 4.78 is 0. The molecule has 1 saturated heterocycles. The number of rotatable bonds is 2. The fraction of sp³-hybridized carbons (Fsp3) is 0.294. The highest BCUT2D eigenvalue weighted by atomic mass is 32.1. The number of hydrogen-bond acceptors (Lipinski definition) is 4. The summed E-state index contributed by atoms with van der Waals surface area (Å²) in [6.07, 6.45) is 1.83. The van der Waals surface area contributed by atoms with Gasteiger partial charge in [0.1, 0.15) is 0 Å². The van der Waals surface area contributed by atoms with Crippen molar-refractivity contribution in [1.82, 2.24) is 14.9 Å². The molecule has 3 aromatic rings. The van der Waals surface area contributed by atoms with Gasteiger partial charge in [-0.25, -0.2) is 4.98 Å². The average Bonchev–Trinajstić information content (AvgIpc) is 3.21. The molecule has 0 bridgehead atoms. The number of hydrogen-bond donors (Lipinski definition) is 1. The molecule has 3 heterocycles. The van der Waals surface area contributed by atoms with Crippen LogP contribution in [0, 0.1) is 6.92 Å². The Morgan fingerprint density at radius 1 is 1.22 bits per heavy atom. The number of carbonyl (C=O) groups is 1. The van der Waals surface area contributed by atoms with Gasteiger partial charge in [0, 0.05) is 54.4 Å². The molecule has 5 nitrogen and oxygen atoms in total. The lowest BCUT2D eigenvalue weighted by Crippen LogP contribution is -2.48. The van der Waals surface area contributed by atoms with Crippen molar-refractivity contribution >= 4 is 33.3 Å². The van der Waals surface area contributed by atoms with E-state index < -0.39 is 0 Å². The summed E-state index contributed by atoms with van der Waals surface area (Å²) >= 11 is 1.65. The molecule has 0 unspecified atom stereocenters. The quantitative estimate of drug-likeness (QED) is 0.788. The van der Waals surface area contributed by atoms with Gasteiger partial charge in [-0.2, -0.15) is 0 Å². The Balaban J connectivity index is 1.55. The van der Waals surface area contributed by atoms with Gasteiger partial charge in [0.2, 0.25) is 0 Å². The van der Waals surface area contributed by atoms with Crippen LogP contribution in [0.5, 0.6) is 0 Å². The molecular formula is C17H18N4OS. The van der Waals surface area contributed by atoms with Gasteiger partial charge in [0.05, 0.1) is 5.56 Å². The zero-order valence-electron chi connectivity index (χ0n) is 13.0. The summed E-state index contributed by atoms with van der Waals surface area (Å²) in [5.74, 6) is 0.124. The smallest absolute Gasteiger partial charge is 0.256 e. The first kappa shape index (κ1) is 14.3. The molecule has 1 N–H and O–H groups in total. The van der Waals surface area contributed by atoms with Crippen LogP contribution in [0.15, 0.2) is 35.8 Å². The van der Waals surface area contributed by atoms with Gasteiger partial charge in [-0.3, -0.25) is 4.79 Å². The molecule has 1 fully saturated rings. The number of H-pyrrole nitrogens is 1. The molecule has 2 aromatic heterocycles.